The highest BCUT2D eigenvalue weighted by molar-refractivity contribution is 5.83. The van der Waals surface area contributed by atoms with Crippen molar-refractivity contribution in [2.75, 3.05) is 0 Å². The number of ether oxygens (including phenoxy) is 2. The summed E-state index contributed by atoms with van der Waals surface area (Å²) in [6, 6.07) is 16.7. The van der Waals surface area contributed by atoms with Gasteiger partial charge in [0, 0.05) is 18.3 Å². The van der Waals surface area contributed by atoms with Crippen molar-refractivity contribution in [3.05, 3.63) is 59.7 Å². The lowest BCUT2D eigenvalue weighted by Gasteiger charge is -2.43. The zero-order valence-electron chi connectivity index (χ0n) is 21.3. The first-order chi connectivity index (χ1) is 15.3. The summed E-state index contributed by atoms with van der Waals surface area (Å²) >= 11 is 0. The predicted molar refractivity (Wildman–Crippen MR) is 132 cm³/mol. The minimum absolute atomic E-state index is 0.0883. The van der Waals surface area contributed by atoms with Gasteiger partial charge in [0.25, 0.3) is 0 Å². The molecule has 33 heavy (non-hydrogen) atoms. The lowest BCUT2D eigenvalue weighted by atomic mass is 9.60. The molecule has 0 bridgehead atoms. The van der Waals surface area contributed by atoms with Crippen LogP contribution in [0.5, 0.6) is 0 Å². The summed E-state index contributed by atoms with van der Waals surface area (Å²) in [7, 11) is 0. The van der Waals surface area contributed by atoms with E-state index in [4.69, 9.17) is 9.47 Å². The second kappa shape index (κ2) is 8.96. The van der Waals surface area contributed by atoms with Crippen LogP contribution in [0.25, 0.3) is 11.1 Å². The van der Waals surface area contributed by atoms with Crippen molar-refractivity contribution in [3.63, 3.8) is 0 Å². The van der Waals surface area contributed by atoms with E-state index in [9.17, 15) is 9.59 Å². The molecule has 0 fully saturated rings. The molecule has 0 N–H and O–H groups in total. The Bertz CT molecular complexity index is 939. The number of rotatable bonds is 6. The molecule has 2 atom stereocenters. The minimum Gasteiger partial charge on any atom is -0.460 e. The molecule has 2 unspecified atom stereocenters. The number of esters is 2. The quantitative estimate of drug-likeness (QED) is 0.460. The summed E-state index contributed by atoms with van der Waals surface area (Å²) in [5.74, 6) is -0.620. The normalized spacial score (nSPS) is 16.4. The van der Waals surface area contributed by atoms with Gasteiger partial charge in [-0.2, -0.15) is 0 Å². The van der Waals surface area contributed by atoms with Gasteiger partial charge < -0.3 is 9.47 Å². The van der Waals surface area contributed by atoms with Crippen molar-refractivity contribution in [2.24, 2.45) is 11.8 Å². The maximum atomic E-state index is 12.9. The Labute approximate surface area is 198 Å². The van der Waals surface area contributed by atoms with Crippen LogP contribution in [0.3, 0.4) is 0 Å². The van der Waals surface area contributed by atoms with Gasteiger partial charge in [0.2, 0.25) is 0 Å². The first-order valence-electron chi connectivity index (χ1n) is 11.9. The summed E-state index contributed by atoms with van der Waals surface area (Å²) < 4.78 is 11.4. The highest BCUT2D eigenvalue weighted by Gasteiger charge is 2.51. The van der Waals surface area contributed by atoms with Crippen molar-refractivity contribution >= 4 is 11.9 Å². The van der Waals surface area contributed by atoms with E-state index >= 15 is 0 Å². The number of carbonyl (C=O) groups excluding carboxylic acids is 2. The van der Waals surface area contributed by atoms with Gasteiger partial charge in [-0.15, -0.1) is 0 Å². The Kier molecular flexibility index (Phi) is 6.79. The van der Waals surface area contributed by atoms with E-state index in [1.54, 1.807) is 0 Å². The van der Waals surface area contributed by atoms with Gasteiger partial charge in [0.1, 0.15) is 11.2 Å². The highest BCUT2D eigenvalue weighted by Crippen LogP contribution is 2.58. The molecule has 178 valence electrons. The molecular weight excluding hydrogens is 412 g/mol. The van der Waals surface area contributed by atoms with Crippen LogP contribution in [-0.2, 0) is 24.5 Å². The molecule has 0 spiro atoms. The van der Waals surface area contributed by atoms with Gasteiger partial charge in [0.15, 0.2) is 0 Å². The van der Waals surface area contributed by atoms with E-state index in [0.717, 1.165) is 0 Å². The molecule has 0 aromatic heterocycles. The Balaban J connectivity index is 2.10. The van der Waals surface area contributed by atoms with Crippen LogP contribution in [0.15, 0.2) is 48.5 Å². The number of hydrogen-bond acceptors (Lipinski definition) is 4. The minimum atomic E-state index is -0.544. The number of fused-ring (bicyclic) bond motifs is 3. The fourth-order valence-corrected chi connectivity index (χ4v) is 5.44. The number of carbonyl (C=O) groups is 2. The van der Waals surface area contributed by atoms with Crippen LogP contribution in [0.4, 0.5) is 0 Å². The van der Waals surface area contributed by atoms with Crippen LogP contribution in [0.1, 0.15) is 79.4 Å². The lowest BCUT2D eigenvalue weighted by Crippen LogP contribution is -2.43. The van der Waals surface area contributed by atoms with E-state index in [1.807, 2.05) is 65.8 Å². The Morgan fingerprint density at radius 1 is 0.697 bits per heavy atom. The van der Waals surface area contributed by atoms with E-state index in [1.165, 1.54) is 22.3 Å². The first-order valence-corrected chi connectivity index (χ1v) is 11.9. The van der Waals surface area contributed by atoms with Crippen LogP contribution in [-0.4, -0.2) is 23.1 Å². The summed E-state index contributed by atoms with van der Waals surface area (Å²) in [4.78, 5) is 25.8. The smallest absolute Gasteiger partial charge is 0.306 e. The van der Waals surface area contributed by atoms with Gasteiger partial charge in [-0.25, -0.2) is 0 Å². The van der Waals surface area contributed by atoms with E-state index in [0.29, 0.717) is 0 Å². The molecule has 2 aromatic carbocycles. The van der Waals surface area contributed by atoms with Gasteiger partial charge >= 0.3 is 11.9 Å². The molecule has 0 saturated carbocycles. The monoisotopic (exact) mass is 450 g/mol. The second-order valence-corrected chi connectivity index (χ2v) is 11.3. The van der Waals surface area contributed by atoms with Crippen LogP contribution < -0.4 is 0 Å². The number of benzene rings is 2. The van der Waals surface area contributed by atoms with Crippen molar-refractivity contribution in [2.45, 2.75) is 84.8 Å². The SMILES string of the molecule is CC(CC(=O)OC(C)(C)C)C1(C(C)CC(=O)OC(C)(C)C)c2ccccc2-c2ccccc21. The molecule has 0 saturated heterocycles. The molecule has 1 aliphatic carbocycles. The topological polar surface area (TPSA) is 52.6 Å². The standard InChI is InChI=1S/C29H38O4/c1-19(17-25(30)32-27(3,4)5)29(20(2)18-26(31)33-28(6,7)8)23-15-11-9-13-21(23)22-14-10-12-16-24(22)29/h9-16,19-20H,17-18H2,1-8H3. The summed E-state index contributed by atoms with van der Waals surface area (Å²) in [6.07, 6.45) is 0.525. The largest absolute Gasteiger partial charge is 0.460 e. The lowest BCUT2D eigenvalue weighted by molar-refractivity contribution is -0.156. The van der Waals surface area contributed by atoms with Crippen LogP contribution in [0, 0.1) is 11.8 Å². The Morgan fingerprint density at radius 3 is 1.36 bits per heavy atom. The van der Waals surface area contributed by atoms with Crippen molar-refractivity contribution in [1.82, 2.24) is 0 Å². The van der Waals surface area contributed by atoms with E-state index < -0.39 is 16.6 Å². The maximum Gasteiger partial charge on any atom is 0.306 e. The molecule has 4 nitrogen and oxygen atoms in total. The molecule has 3 rings (SSSR count). The Hall–Kier alpha value is -2.62. The third-order valence-electron chi connectivity index (χ3n) is 6.38. The first kappa shape index (κ1) is 25.0. The molecule has 0 amide bonds. The molecular formula is C29H38O4. The zero-order chi connectivity index (χ0) is 24.6. The van der Waals surface area contributed by atoms with Crippen LogP contribution >= 0.6 is 0 Å². The zero-order valence-corrected chi connectivity index (χ0v) is 21.3. The average molecular weight is 451 g/mol. The summed E-state index contributed by atoms with van der Waals surface area (Å²) in [5, 5.41) is 0. The van der Waals surface area contributed by atoms with Gasteiger partial charge in [-0.3, -0.25) is 9.59 Å². The molecule has 0 aliphatic heterocycles. The van der Waals surface area contributed by atoms with E-state index in [2.05, 4.69) is 38.1 Å². The Morgan fingerprint density at radius 2 is 1.03 bits per heavy atom. The fourth-order valence-electron chi connectivity index (χ4n) is 5.44. The fraction of sp³-hybridized carbons (Fsp3) is 0.517. The molecule has 1 aliphatic rings. The van der Waals surface area contributed by atoms with Gasteiger partial charge in [-0.05, 0) is 75.6 Å². The molecule has 4 heteroatoms. The molecule has 0 radical (unpaired) electrons. The highest BCUT2D eigenvalue weighted by atomic mass is 16.6. The van der Waals surface area contributed by atoms with Crippen molar-refractivity contribution in [1.29, 1.82) is 0 Å². The molecule has 0 heterocycles. The average Bonchev–Trinajstić information content (AvgIpc) is 2.96. The second-order valence-electron chi connectivity index (χ2n) is 11.3. The van der Waals surface area contributed by atoms with Crippen molar-refractivity contribution in [3.8, 4) is 11.1 Å². The molecule has 2 aromatic rings. The van der Waals surface area contributed by atoms with Crippen molar-refractivity contribution < 1.29 is 19.1 Å². The third kappa shape index (κ3) is 5.15. The third-order valence-corrected chi connectivity index (χ3v) is 6.38. The number of hydrogen-bond donors (Lipinski definition) is 0. The van der Waals surface area contributed by atoms with E-state index in [-0.39, 0.29) is 36.6 Å². The summed E-state index contributed by atoms with van der Waals surface area (Å²) in [5.41, 5.74) is 3.06. The predicted octanol–water partition coefficient (Wildman–Crippen LogP) is 6.69. The van der Waals surface area contributed by atoms with Gasteiger partial charge in [0.05, 0.1) is 0 Å². The summed E-state index contributed by atoms with van der Waals surface area (Å²) in [6.45, 7) is 15.5. The van der Waals surface area contributed by atoms with Gasteiger partial charge in [-0.1, -0.05) is 62.4 Å². The van der Waals surface area contributed by atoms with Crippen LogP contribution in [0.2, 0.25) is 0 Å². The maximum absolute atomic E-state index is 12.9.